The summed E-state index contributed by atoms with van der Waals surface area (Å²) in [5.41, 5.74) is 1.38. The molecular formula is C20H23ClN4O5S. The molecule has 0 bridgehead atoms. The molecule has 2 aromatic carbocycles. The van der Waals surface area contributed by atoms with Crippen molar-refractivity contribution in [3.63, 3.8) is 0 Å². The van der Waals surface area contributed by atoms with E-state index in [-0.39, 0.29) is 23.3 Å². The number of nitrogens with one attached hydrogen (secondary N) is 3. The van der Waals surface area contributed by atoms with Crippen molar-refractivity contribution in [3.8, 4) is 0 Å². The molecule has 9 nitrogen and oxygen atoms in total. The Kier molecular flexibility index (Phi) is 7.50. The molecule has 0 spiro atoms. The lowest BCUT2D eigenvalue weighted by atomic mass is 10.2. The minimum Gasteiger partial charge on any atom is -0.379 e. The Hall–Kier alpha value is -2.66. The summed E-state index contributed by atoms with van der Waals surface area (Å²) >= 11 is 6.13. The number of benzene rings is 2. The number of anilines is 3. The Bertz CT molecular complexity index is 1070. The molecule has 0 aromatic heterocycles. The van der Waals surface area contributed by atoms with E-state index in [2.05, 4.69) is 16.0 Å². The minimum atomic E-state index is -3.66. The Balaban J connectivity index is 1.64. The SMILES string of the molecule is CC(=O)Nc1ccc(Cl)c(NCC(=O)Nc2cccc(S(=O)(=O)N3CCOCC3)c2)c1. The molecule has 2 aromatic rings. The predicted molar refractivity (Wildman–Crippen MR) is 119 cm³/mol. The number of amides is 2. The Morgan fingerprint density at radius 3 is 2.48 bits per heavy atom. The number of ether oxygens (including phenoxy) is 1. The molecule has 2 amide bonds. The number of halogens is 1. The Morgan fingerprint density at radius 2 is 1.77 bits per heavy atom. The third-order valence-corrected chi connectivity index (χ3v) is 6.68. The molecular weight excluding hydrogens is 444 g/mol. The van der Waals surface area contributed by atoms with Gasteiger partial charge in [0.05, 0.1) is 35.4 Å². The number of carbonyl (C=O) groups excluding carboxylic acids is 2. The quantitative estimate of drug-likeness (QED) is 0.576. The smallest absolute Gasteiger partial charge is 0.243 e. The Labute approximate surface area is 185 Å². The fourth-order valence-corrected chi connectivity index (χ4v) is 4.63. The van der Waals surface area contributed by atoms with Gasteiger partial charge in [0, 0.05) is 31.4 Å². The van der Waals surface area contributed by atoms with Crippen LogP contribution in [0.4, 0.5) is 17.1 Å². The summed E-state index contributed by atoms with van der Waals surface area (Å²) < 4.78 is 32.1. The molecule has 0 saturated carbocycles. The van der Waals surface area contributed by atoms with Gasteiger partial charge in [-0.15, -0.1) is 0 Å². The summed E-state index contributed by atoms with van der Waals surface area (Å²) in [4.78, 5) is 23.7. The number of hydrogen-bond donors (Lipinski definition) is 3. The van der Waals surface area contributed by atoms with E-state index in [4.69, 9.17) is 16.3 Å². The van der Waals surface area contributed by atoms with E-state index in [1.54, 1.807) is 30.3 Å². The first-order chi connectivity index (χ1) is 14.8. The van der Waals surface area contributed by atoms with Gasteiger partial charge < -0.3 is 20.7 Å². The average molecular weight is 467 g/mol. The van der Waals surface area contributed by atoms with Crippen LogP contribution in [-0.4, -0.2) is 57.4 Å². The van der Waals surface area contributed by atoms with Crippen molar-refractivity contribution in [2.24, 2.45) is 0 Å². The van der Waals surface area contributed by atoms with E-state index >= 15 is 0 Å². The molecule has 1 heterocycles. The lowest BCUT2D eigenvalue weighted by molar-refractivity contribution is -0.115. The molecule has 31 heavy (non-hydrogen) atoms. The molecule has 0 radical (unpaired) electrons. The van der Waals surface area contributed by atoms with Crippen molar-refractivity contribution in [3.05, 3.63) is 47.5 Å². The van der Waals surface area contributed by atoms with Gasteiger partial charge in [-0.1, -0.05) is 17.7 Å². The van der Waals surface area contributed by atoms with Gasteiger partial charge in [-0.3, -0.25) is 9.59 Å². The van der Waals surface area contributed by atoms with E-state index in [1.165, 1.54) is 23.4 Å². The zero-order valence-electron chi connectivity index (χ0n) is 16.9. The number of sulfonamides is 1. The molecule has 3 N–H and O–H groups in total. The highest BCUT2D eigenvalue weighted by Gasteiger charge is 2.26. The third kappa shape index (κ3) is 6.17. The first kappa shape index (κ1) is 23.0. The van der Waals surface area contributed by atoms with Crippen LogP contribution in [0.1, 0.15) is 6.92 Å². The molecule has 3 rings (SSSR count). The van der Waals surface area contributed by atoms with E-state index < -0.39 is 10.0 Å². The van der Waals surface area contributed by atoms with Gasteiger partial charge in [-0.2, -0.15) is 4.31 Å². The fraction of sp³-hybridized carbons (Fsp3) is 0.300. The maximum Gasteiger partial charge on any atom is 0.243 e. The largest absolute Gasteiger partial charge is 0.379 e. The summed E-state index contributed by atoms with van der Waals surface area (Å²) in [5.74, 6) is -0.611. The number of carbonyl (C=O) groups is 2. The normalized spacial score (nSPS) is 14.6. The number of nitrogens with zero attached hydrogens (tertiary/aromatic N) is 1. The molecule has 11 heteroatoms. The van der Waals surface area contributed by atoms with Gasteiger partial charge in [-0.05, 0) is 36.4 Å². The predicted octanol–water partition coefficient (Wildman–Crippen LogP) is 2.37. The van der Waals surface area contributed by atoms with Crippen molar-refractivity contribution in [1.29, 1.82) is 0 Å². The van der Waals surface area contributed by atoms with Crippen molar-refractivity contribution >= 4 is 50.5 Å². The topological polar surface area (TPSA) is 117 Å². The van der Waals surface area contributed by atoms with Crippen LogP contribution in [0.5, 0.6) is 0 Å². The summed E-state index contributed by atoms with van der Waals surface area (Å²) in [6, 6.07) is 11.0. The highest BCUT2D eigenvalue weighted by molar-refractivity contribution is 7.89. The monoisotopic (exact) mass is 466 g/mol. The molecule has 1 saturated heterocycles. The van der Waals surface area contributed by atoms with Crippen LogP contribution in [0.25, 0.3) is 0 Å². The van der Waals surface area contributed by atoms with E-state index in [9.17, 15) is 18.0 Å². The summed E-state index contributed by atoms with van der Waals surface area (Å²) in [7, 11) is -3.66. The fourth-order valence-electron chi connectivity index (χ4n) is 2.99. The van der Waals surface area contributed by atoms with Crippen molar-refractivity contribution < 1.29 is 22.7 Å². The molecule has 1 aliphatic heterocycles. The summed E-state index contributed by atoms with van der Waals surface area (Å²) in [6.07, 6.45) is 0. The van der Waals surface area contributed by atoms with Gasteiger partial charge in [0.1, 0.15) is 0 Å². The highest BCUT2D eigenvalue weighted by atomic mass is 35.5. The third-order valence-electron chi connectivity index (χ3n) is 4.45. The molecule has 1 aliphatic rings. The van der Waals surface area contributed by atoms with Crippen LogP contribution in [-0.2, 0) is 24.3 Å². The first-order valence-corrected chi connectivity index (χ1v) is 11.4. The minimum absolute atomic E-state index is 0.103. The van der Waals surface area contributed by atoms with E-state index in [0.717, 1.165) is 0 Å². The standard InChI is InChI=1S/C20H23ClN4O5S/c1-14(26)23-16-5-6-18(21)19(12-16)22-13-20(27)24-15-3-2-4-17(11-15)31(28,29)25-7-9-30-10-8-25/h2-6,11-12,22H,7-10,13H2,1H3,(H,23,26)(H,24,27). The van der Waals surface area contributed by atoms with Crippen LogP contribution in [0.2, 0.25) is 5.02 Å². The van der Waals surface area contributed by atoms with E-state index in [1.807, 2.05) is 0 Å². The maximum atomic E-state index is 12.8. The second-order valence-corrected chi connectivity index (χ2v) is 9.17. The molecule has 166 valence electrons. The summed E-state index contributed by atoms with van der Waals surface area (Å²) in [5, 5.41) is 8.61. The van der Waals surface area contributed by atoms with Crippen molar-refractivity contribution in [2.45, 2.75) is 11.8 Å². The second kappa shape index (κ2) is 10.1. The zero-order chi connectivity index (χ0) is 22.4. The van der Waals surface area contributed by atoms with E-state index in [0.29, 0.717) is 48.4 Å². The number of hydrogen-bond acceptors (Lipinski definition) is 6. The molecule has 0 atom stereocenters. The van der Waals surface area contributed by atoms with Gasteiger partial charge in [0.15, 0.2) is 0 Å². The van der Waals surface area contributed by atoms with Crippen molar-refractivity contribution in [1.82, 2.24) is 4.31 Å². The lowest BCUT2D eigenvalue weighted by Gasteiger charge is -2.26. The molecule has 1 fully saturated rings. The van der Waals surface area contributed by atoms with Crippen LogP contribution in [0.3, 0.4) is 0 Å². The van der Waals surface area contributed by atoms with Crippen LogP contribution >= 0.6 is 11.6 Å². The average Bonchev–Trinajstić information content (AvgIpc) is 2.74. The Morgan fingerprint density at radius 1 is 1.06 bits per heavy atom. The van der Waals surface area contributed by atoms with Gasteiger partial charge >= 0.3 is 0 Å². The number of morpholine rings is 1. The maximum absolute atomic E-state index is 12.8. The zero-order valence-corrected chi connectivity index (χ0v) is 18.4. The highest BCUT2D eigenvalue weighted by Crippen LogP contribution is 2.25. The van der Waals surface area contributed by atoms with Crippen LogP contribution in [0.15, 0.2) is 47.4 Å². The molecule has 0 unspecified atom stereocenters. The van der Waals surface area contributed by atoms with Crippen molar-refractivity contribution in [2.75, 3.05) is 48.8 Å². The molecule has 0 aliphatic carbocycles. The van der Waals surface area contributed by atoms with Crippen LogP contribution in [0, 0.1) is 0 Å². The van der Waals surface area contributed by atoms with Gasteiger partial charge in [-0.25, -0.2) is 8.42 Å². The summed E-state index contributed by atoms with van der Waals surface area (Å²) in [6.45, 7) is 2.58. The lowest BCUT2D eigenvalue weighted by Crippen LogP contribution is -2.40. The number of rotatable bonds is 7. The van der Waals surface area contributed by atoms with Crippen LogP contribution < -0.4 is 16.0 Å². The van der Waals surface area contributed by atoms with Gasteiger partial charge in [0.25, 0.3) is 0 Å². The van der Waals surface area contributed by atoms with Gasteiger partial charge in [0.2, 0.25) is 21.8 Å². The first-order valence-electron chi connectivity index (χ1n) is 9.54. The second-order valence-electron chi connectivity index (χ2n) is 6.82.